The molecular formula is C8H19NO4S. The fourth-order valence-electron chi connectivity index (χ4n) is 0.906. The van der Waals surface area contributed by atoms with Crippen molar-refractivity contribution in [1.82, 2.24) is 4.72 Å². The van der Waals surface area contributed by atoms with Crippen LogP contribution in [0.4, 0.5) is 0 Å². The van der Waals surface area contributed by atoms with Crippen LogP contribution in [0.3, 0.4) is 0 Å². The smallest absolute Gasteiger partial charge is 0.213 e. The molecule has 86 valence electrons. The Bertz CT molecular complexity index is 215. The molecule has 0 bridgehead atoms. The van der Waals surface area contributed by atoms with Gasteiger partial charge in [-0.1, -0.05) is 0 Å². The van der Waals surface area contributed by atoms with Gasteiger partial charge in [0.1, 0.15) is 0 Å². The molecule has 0 radical (unpaired) electrons. The van der Waals surface area contributed by atoms with Crippen LogP contribution in [0.25, 0.3) is 0 Å². The number of methoxy groups -OCH3 is 1. The van der Waals surface area contributed by atoms with Gasteiger partial charge >= 0.3 is 0 Å². The zero-order valence-electron chi connectivity index (χ0n) is 8.53. The van der Waals surface area contributed by atoms with Gasteiger partial charge in [-0.15, -0.1) is 0 Å². The van der Waals surface area contributed by atoms with Gasteiger partial charge in [-0.25, -0.2) is 13.1 Å². The molecule has 0 saturated heterocycles. The molecule has 0 spiro atoms. The van der Waals surface area contributed by atoms with E-state index in [1.165, 1.54) is 7.11 Å². The lowest BCUT2D eigenvalue weighted by atomic mass is 10.2. The van der Waals surface area contributed by atoms with Crippen LogP contribution in [-0.4, -0.2) is 46.1 Å². The highest BCUT2D eigenvalue weighted by atomic mass is 32.2. The fraction of sp³-hybridized carbons (Fsp3) is 1.00. The summed E-state index contributed by atoms with van der Waals surface area (Å²) in [6, 6.07) is 0. The summed E-state index contributed by atoms with van der Waals surface area (Å²) in [6.07, 6.45) is 2.32. The summed E-state index contributed by atoms with van der Waals surface area (Å²) in [6.45, 7) is 0.814. The lowest BCUT2D eigenvalue weighted by Crippen LogP contribution is -2.29. The number of unbranched alkanes of at least 4 members (excludes halogenated alkanes) is 2. The minimum atomic E-state index is -3.17. The molecule has 0 aromatic rings. The van der Waals surface area contributed by atoms with Gasteiger partial charge in [0.05, 0.1) is 12.4 Å². The molecule has 0 amide bonds. The third kappa shape index (κ3) is 8.43. The summed E-state index contributed by atoms with van der Waals surface area (Å²) in [5.41, 5.74) is 0. The Morgan fingerprint density at radius 3 is 2.57 bits per heavy atom. The van der Waals surface area contributed by atoms with Crippen LogP contribution in [0.5, 0.6) is 0 Å². The van der Waals surface area contributed by atoms with Crippen LogP contribution < -0.4 is 4.72 Å². The average molecular weight is 225 g/mol. The number of hydrogen-bond donors (Lipinski definition) is 2. The maximum atomic E-state index is 11.2. The quantitative estimate of drug-likeness (QED) is 0.529. The second-order valence-electron chi connectivity index (χ2n) is 2.99. The number of sulfonamides is 1. The van der Waals surface area contributed by atoms with Crippen LogP contribution >= 0.6 is 0 Å². The van der Waals surface area contributed by atoms with Crippen molar-refractivity contribution in [1.29, 1.82) is 0 Å². The van der Waals surface area contributed by atoms with Gasteiger partial charge in [0.25, 0.3) is 0 Å². The van der Waals surface area contributed by atoms with Crippen molar-refractivity contribution in [3.05, 3.63) is 0 Å². The molecule has 0 unspecified atom stereocenters. The van der Waals surface area contributed by atoms with E-state index in [1.54, 1.807) is 0 Å². The van der Waals surface area contributed by atoms with Crippen LogP contribution in [0.2, 0.25) is 0 Å². The number of ether oxygens (including phenoxy) is 1. The zero-order valence-corrected chi connectivity index (χ0v) is 9.35. The molecule has 6 heteroatoms. The predicted octanol–water partition coefficient (Wildman–Crippen LogP) is -0.285. The largest absolute Gasteiger partial charge is 0.396 e. The Kier molecular flexibility index (Phi) is 8.07. The van der Waals surface area contributed by atoms with Crippen molar-refractivity contribution in [3.8, 4) is 0 Å². The second-order valence-corrected chi connectivity index (χ2v) is 4.92. The maximum absolute atomic E-state index is 11.2. The molecular weight excluding hydrogens is 206 g/mol. The Hall–Kier alpha value is -0.170. The van der Waals surface area contributed by atoms with E-state index in [0.717, 1.165) is 19.3 Å². The molecule has 0 heterocycles. The van der Waals surface area contributed by atoms with Gasteiger partial charge in [-0.2, -0.15) is 0 Å². The van der Waals surface area contributed by atoms with E-state index in [4.69, 9.17) is 5.11 Å². The predicted molar refractivity (Wildman–Crippen MR) is 54.6 cm³/mol. The SMILES string of the molecule is COCCS(=O)(=O)NCCCCCO. The summed E-state index contributed by atoms with van der Waals surface area (Å²) < 4.78 is 29.5. The Labute approximate surface area is 85.5 Å². The van der Waals surface area contributed by atoms with Crippen LogP contribution in [0.1, 0.15) is 19.3 Å². The molecule has 5 nitrogen and oxygen atoms in total. The summed E-state index contributed by atoms with van der Waals surface area (Å²) in [7, 11) is -1.70. The summed E-state index contributed by atoms with van der Waals surface area (Å²) in [4.78, 5) is 0. The number of rotatable bonds is 9. The average Bonchev–Trinajstić information content (AvgIpc) is 2.15. The molecule has 14 heavy (non-hydrogen) atoms. The van der Waals surface area contributed by atoms with E-state index in [1.807, 2.05) is 0 Å². The molecule has 0 saturated carbocycles. The minimum Gasteiger partial charge on any atom is -0.396 e. The number of aliphatic hydroxyl groups is 1. The first-order valence-corrected chi connectivity index (χ1v) is 6.35. The normalized spacial score (nSPS) is 11.9. The molecule has 0 aliphatic carbocycles. The molecule has 0 aliphatic rings. The first-order valence-electron chi connectivity index (χ1n) is 4.69. The first kappa shape index (κ1) is 13.8. The fourth-order valence-corrected chi connectivity index (χ4v) is 1.89. The number of aliphatic hydroxyl groups excluding tert-OH is 1. The van der Waals surface area contributed by atoms with E-state index in [-0.39, 0.29) is 19.0 Å². The van der Waals surface area contributed by atoms with Crippen LogP contribution in [-0.2, 0) is 14.8 Å². The van der Waals surface area contributed by atoms with Crippen molar-refractivity contribution < 1.29 is 18.3 Å². The molecule has 0 rings (SSSR count). The van der Waals surface area contributed by atoms with Gasteiger partial charge < -0.3 is 9.84 Å². The highest BCUT2D eigenvalue weighted by Crippen LogP contribution is 1.93. The molecule has 0 aromatic carbocycles. The topological polar surface area (TPSA) is 75.6 Å². The summed E-state index contributed by atoms with van der Waals surface area (Å²) in [5.74, 6) is 0.00347. The minimum absolute atomic E-state index is 0.00347. The lowest BCUT2D eigenvalue weighted by Gasteiger charge is -2.05. The Balaban J connectivity index is 3.46. The van der Waals surface area contributed by atoms with E-state index in [2.05, 4.69) is 9.46 Å². The molecule has 0 atom stereocenters. The molecule has 0 aliphatic heterocycles. The van der Waals surface area contributed by atoms with E-state index in [0.29, 0.717) is 6.54 Å². The van der Waals surface area contributed by atoms with Gasteiger partial charge in [0.2, 0.25) is 10.0 Å². The molecule has 0 aromatic heterocycles. The highest BCUT2D eigenvalue weighted by molar-refractivity contribution is 7.89. The summed E-state index contributed by atoms with van der Waals surface area (Å²) >= 11 is 0. The van der Waals surface area contributed by atoms with Crippen molar-refractivity contribution in [2.75, 3.05) is 32.6 Å². The van der Waals surface area contributed by atoms with Crippen LogP contribution in [0.15, 0.2) is 0 Å². The molecule has 0 fully saturated rings. The van der Waals surface area contributed by atoms with Gasteiger partial charge in [-0.05, 0) is 19.3 Å². The summed E-state index contributed by atoms with van der Waals surface area (Å²) in [5, 5.41) is 8.49. The van der Waals surface area contributed by atoms with Gasteiger partial charge in [0, 0.05) is 20.3 Å². The lowest BCUT2D eigenvalue weighted by molar-refractivity contribution is 0.217. The zero-order chi connectivity index (χ0) is 10.9. The van der Waals surface area contributed by atoms with Crippen molar-refractivity contribution in [2.45, 2.75) is 19.3 Å². The van der Waals surface area contributed by atoms with Crippen LogP contribution in [0, 0.1) is 0 Å². The van der Waals surface area contributed by atoms with Gasteiger partial charge in [-0.3, -0.25) is 0 Å². The van der Waals surface area contributed by atoms with Crippen molar-refractivity contribution in [2.24, 2.45) is 0 Å². The maximum Gasteiger partial charge on any atom is 0.213 e. The standard InChI is InChI=1S/C8H19NO4S/c1-13-7-8-14(11,12)9-5-3-2-4-6-10/h9-10H,2-8H2,1H3. The Morgan fingerprint density at radius 2 is 2.00 bits per heavy atom. The van der Waals surface area contributed by atoms with Crippen molar-refractivity contribution >= 4 is 10.0 Å². The highest BCUT2D eigenvalue weighted by Gasteiger charge is 2.07. The van der Waals surface area contributed by atoms with Gasteiger partial charge in [0.15, 0.2) is 0 Å². The van der Waals surface area contributed by atoms with E-state index < -0.39 is 10.0 Å². The molecule has 2 N–H and O–H groups in total. The first-order chi connectivity index (χ1) is 6.62. The van der Waals surface area contributed by atoms with E-state index >= 15 is 0 Å². The monoisotopic (exact) mass is 225 g/mol. The Morgan fingerprint density at radius 1 is 1.29 bits per heavy atom. The van der Waals surface area contributed by atoms with E-state index in [9.17, 15) is 8.42 Å². The third-order valence-corrected chi connectivity index (χ3v) is 3.06. The third-order valence-electron chi connectivity index (χ3n) is 1.71. The van der Waals surface area contributed by atoms with Crippen molar-refractivity contribution in [3.63, 3.8) is 0 Å². The number of hydrogen-bond acceptors (Lipinski definition) is 4. The second kappa shape index (κ2) is 8.16. The number of nitrogens with one attached hydrogen (secondary N) is 1.